The molecule has 3 amide bonds. The first-order valence-electron chi connectivity index (χ1n) is 9.26. The highest BCUT2D eigenvalue weighted by Gasteiger charge is 2.36. The van der Waals surface area contributed by atoms with E-state index >= 15 is 0 Å². The van der Waals surface area contributed by atoms with Crippen molar-refractivity contribution in [1.29, 1.82) is 0 Å². The molecule has 2 N–H and O–H groups in total. The largest absolute Gasteiger partial charge is 0.504 e. The zero-order chi connectivity index (χ0) is 23.5. The third kappa shape index (κ3) is 5.41. The molecule has 0 radical (unpaired) electrons. The highest BCUT2D eigenvalue weighted by molar-refractivity contribution is 8.18. The maximum Gasteiger partial charge on any atom is 0.416 e. The highest BCUT2D eigenvalue weighted by Crippen LogP contribution is 2.34. The predicted octanol–water partition coefficient (Wildman–Crippen LogP) is 4.48. The van der Waals surface area contributed by atoms with E-state index in [2.05, 4.69) is 5.32 Å². The molecular weight excluding hydrogens is 449 g/mol. The van der Waals surface area contributed by atoms with Crippen LogP contribution in [0.1, 0.15) is 18.1 Å². The molecule has 1 aliphatic rings. The zero-order valence-corrected chi connectivity index (χ0v) is 17.4. The Morgan fingerprint density at radius 1 is 1.22 bits per heavy atom. The van der Waals surface area contributed by atoms with Gasteiger partial charge >= 0.3 is 6.18 Å². The summed E-state index contributed by atoms with van der Waals surface area (Å²) >= 11 is 0.621. The molecule has 0 bridgehead atoms. The maximum absolute atomic E-state index is 12.8. The van der Waals surface area contributed by atoms with Crippen LogP contribution in [0.4, 0.5) is 23.7 Å². The molecule has 168 valence electrons. The monoisotopic (exact) mass is 466 g/mol. The van der Waals surface area contributed by atoms with Gasteiger partial charge in [0.1, 0.15) is 6.54 Å². The van der Waals surface area contributed by atoms with E-state index < -0.39 is 35.3 Å². The normalized spacial score (nSPS) is 15.4. The van der Waals surface area contributed by atoms with Crippen molar-refractivity contribution in [3.05, 3.63) is 58.5 Å². The van der Waals surface area contributed by atoms with Crippen molar-refractivity contribution in [2.24, 2.45) is 0 Å². The van der Waals surface area contributed by atoms with Crippen LogP contribution in [-0.2, 0) is 15.8 Å². The van der Waals surface area contributed by atoms with Gasteiger partial charge in [0.05, 0.1) is 17.1 Å². The lowest BCUT2D eigenvalue weighted by Crippen LogP contribution is -2.36. The second-order valence-corrected chi connectivity index (χ2v) is 7.55. The smallest absolute Gasteiger partial charge is 0.416 e. The Morgan fingerprint density at radius 2 is 1.97 bits per heavy atom. The van der Waals surface area contributed by atoms with Crippen molar-refractivity contribution in [1.82, 2.24) is 4.90 Å². The summed E-state index contributed by atoms with van der Waals surface area (Å²) in [5.74, 6) is -1.41. The Hall–Kier alpha value is -3.47. The van der Waals surface area contributed by atoms with Crippen LogP contribution in [0.2, 0.25) is 0 Å². The van der Waals surface area contributed by atoms with Crippen LogP contribution in [0, 0.1) is 0 Å². The molecule has 1 aliphatic heterocycles. The Kier molecular flexibility index (Phi) is 6.78. The molecule has 1 fully saturated rings. The first kappa shape index (κ1) is 23.2. The summed E-state index contributed by atoms with van der Waals surface area (Å²) in [4.78, 5) is 37.8. The lowest BCUT2D eigenvalue weighted by Gasteiger charge is -2.13. The molecule has 3 rings (SSSR count). The Balaban J connectivity index is 1.71. The molecule has 0 saturated carbocycles. The number of amides is 3. The number of phenols is 1. The quantitative estimate of drug-likeness (QED) is 0.610. The standard InChI is InChI=1S/C21H17F3N2O5S/c1-2-31-16-8-12(6-7-15(16)27)9-17-19(29)26(20(30)32-17)11-18(28)25-14-5-3-4-13(10-14)21(22,23)24/h3-10,27H,2,11H2,1H3,(H,25,28). The van der Waals surface area contributed by atoms with Crippen LogP contribution in [0.15, 0.2) is 47.4 Å². The number of hydrogen-bond donors (Lipinski definition) is 2. The fraction of sp³-hybridized carbons (Fsp3) is 0.190. The van der Waals surface area contributed by atoms with Crippen LogP contribution < -0.4 is 10.1 Å². The second kappa shape index (κ2) is 9.35. The van der Waals surface area contributed by atoms with Gasteiger partial charge in [-0.3, -0.25) is 19.3 Å². The number of anilines is 1. The minimum Gasteiger partial charge on any atom is -0.504 e. The van der Waals surface area contributed by atoms with Gasteiger partial charge < -0.3 is 15.2 Å². The average Bonchev–Trinajstić information content (AvgIpc) is 2.97. The minimum atomic E-state index is -4.58. The molecule has 11 heteroatoms. The van der Waals surface area contributed by atoms with E-state index in [0.717, 1.165) is 18.2 Å². The van der Waals surface area contributed by atoms with Gasteiger partial charge in [0, 0.05) is 5.69 Å². The SMILES string of the molecule is CCOc1cc(C=C2SC(=O)N(CC(=O)Nc3cccc(C(F)(F)F)c3)C2=O)ccc1O. The van der Waals surface area contributed by atoms with Gasteiger partial charge in [0.15, 0.2) is 11.5 Å². The van der Waals surface area contributed by atoms with Crippen LogP contribution in [-0.4, -0.2) is 40.2 Å². The average molecular weight is 466 g/mol. The van der Waals surface area contributed by atoms with Gasteiger partial charge in [-0.05, 0) is 60.7 Å². The first-order chi connectivity index (χ1) is 15.1. The lowest BCUT2D eigenvalue weighted by molar-refractivity contribution is -0.137. The van der Waals surface area contributed by atoms with Crippen LogP contribution in [0.3, 0.4) is 0 Å². The summed E-state index contributed by atoms with van der Waals surface area (Å²) in [5, 5.41) is 11.3. The van der Waals surface area contributed by atoms with Gasteiger partial charge in [0.25, 0.3) is 11.1 Å². The summed E-state index contributed by atoms with van der Waals surface area (Å²) in [6.45, 7) is 1.40. The maximum atomic E-state index is 12.8. The van der Waals surface area contributed by atoms with Gasteiger partial charge in [0.2, 0.25) is 5.91 Å². The predicted molar refractivity (Wildman–Crippen MR) is 112 cm³/mol. The van der Waals surface area contributed by atoms with Crippen LogP contribution in [0.25, 0.3) is 6.08 Å². The van der Waals surface area contributed by atoms with Crippen molar-refractivity contribution in [3.63, 3.8) is 0 Å². The number of nitrogens with zero attached hydrogens (tertiary/aromatic N) is 1. The molecule has 0 aliphatic carbocycles. The number of halogens is 3. The van der Waals surface area contributed by atoms with Crippen LogP contribution >= 0.6 is 11.8 Å². The van der Waals surface area contributed by atoms with E-state index in [4.69, 9.17) is 4.74 Å². The molecular formula is C21H17F3N2O5S. The number of carbonyl (C=O) groups excluding carboxylic acids is 3. The molecule has 7 nitrogen and oxygen atoms in total. The van der Waals surface area contributed by atoms with Gasteiger partial charge in [-0.2, -0.15) is 13.2 Å². The molecule has 2 aromatic rings. The number of hydrogen-bond acceptors (Lipinski definition) is 6. The number of aromatic hydroxyl groups is 1. The van der Waals surface area contributed by atoms with Gasteiger partial charge in [-0.15, -0.1) is 0 Å². The molecule has 1 saturated heterocycles. The van der Waals surface area contributed by atoms with E-state index in [-0.39, 0.29) is 22.1 Å². The molecule has 1 heterocycles. The second-order valence-electron chi connectivity index (χ2n) is 6.55. The topological polar surface area (TPSA) is 95.9 Å². The Labute approximate surface area is 184 Å². The lowest BCUT2D eigenvalue weighted by atomic mass is 10.2. The third-order valence-corrected chi connectivity index (χ3v) is 5.14. The molecule has 32 heavy (non-hydrogen) atoms. The minimum absolute atomic E-state index is 0.0509. The van der Waals surface area contributed by atoms with E-state index in [1.165, 1.54) is 30.3 Å². The van der Waals surface area contributed by atoms with Crippen molar-refractivity contribution in [2.45, 2.75) is 13.1 Å². The van der Waals surface area contributed by atoms with Gasteiger partial charge in [-0.25, -0.2) is 0 Å². The van der Waals surface area contributed by atoms with Crippen molar-refractivity contribution < 1.29 is 37.4 Å². The summed E-state index contributed by atoms with van der Waals surface area (Å²) in [5.41, 5.74) is -0.560. The third-order valence-electron chi connectivity index (χ3n) is 4.23. The van der Waals surface area contributed by atoms with E-state index in [9.17, 15) is 32.7 Å². The van der Waals surface area contributed by atoms with Crippen molar-refractivity contribution in [3.8, 4) is 11.5 Å². The molecule has 0 spiro atoms. The first-order valence-corrected chi connectivity index (χ1v) is 10.1. The number of imide groups is 1. The van der Waals surface area contributed by atoms with Crippen molar-refractivity contribution >= 4 is 40.6 Å². The number of benzene rings is 2. The van der Waals surface area contributed by atoms with Crippen LogP contribution in [0.5, 0.6) is 11.5 Å². The number of thioether (sulfide) groups is 1. The number of alkyl halides is 3. The number of carbonyl (C=O) groups is 3. The summed E-state index contributed by atoms with van der Waals surface area (Å²) in [7, 11) is 0. The fourth-order valence-electron chi connectivity index (χ4n) is 2.80. The molecule has 0 unspecified atom stereocenters. The fourth-order valence-corrected chi connectivity index (χ4v) is 3.63. The summed E-state index contributed by atoms with van der Waals surface area (Å²) in [6, 6.07) is 8.41. The Bertz CT molecular complexity index is 1100. The zero-order valence-electron chi connectivity index (χ0n) is 16.6. The number of ether oxygens (including phenoxy) is 1. The van der Waals surface area contributed by atoms with E-state index in [1.54, 1.807) is 6.92 Å². The number of phenolic OH excluding ortho intramolecular Hbond substituents is 1. The van der Waals surface area contributed by atoms with Crippen molar-refractivity contribution in [2.75, 3.05) is 18.5 Å². The highest BCUT2D eigenvalue weighted by atomic mass is 32.2. The molecule has 0 atom stereocenters. The van der Waals surface area contributed by atoms with E-state index in [1.807, 2.05) is 0 Å². The summed E-state index contributed by atoms with van der Waals surface area (Å²) in [6.07, 6.45) is -3.16. The number of rotatable bonds is 6. The van der Waals surface area contributed by atoms with Gasteiger partial charge in [-0.1, -0.05) is 12.1 Å². The summed E-state index contributed by atoms with van der Waals surface area (Å²) < 4.78 is 43.7. The van der Waals surface area contributed by atoms with E-state index in [0.29, 0.717) is 28.8 Å². The Morgan fingerprint density at radius 3 is 2.66 bits per heavy atom. The number of nitrogens with one attached hydrogen (secondary N) is 1. The molecule has 2 aromatic carbocycles. The molecule has 0 aromatic heterocycles.